The van der Waals surface area contributed by atoms with Crippen molar-refractivity contribution < 1.29 is 9.13 Å². The summed E-state index contributed by atoms with van der Waals surface area (Å²) in [5.74, 6) is 1.22. The molecule has 0 spiro atoms. The van der Waals surface area contributed by atoms with E-state index in [1.54, 1.807) is 6.07 Å². The largest absolute Gasteiger partial charge is 0.494 e. The SMILES string of the molecule is COc1ccc(NC(CC(C)C)CC(C)C)cc1F. The Morgan fingerprint density at radius 3 is 2.11 bits per heavy atom. The van der Waals surface area contributed by atoms with Crippen LogP contribution in [0.25, 0.3) is 0 Å². The lowest BCUT2D eigenvalue weighted by molar-refractivity contribution is 0.386. The van der Waals surface area contributed by atoms with Crippen molar-refractivity contribution in [2.75, 3.05) is 12.4 Å². The van der Waals surface area contributed by atoms with Gasteiger partial charge in [-0.25, -0.2) is 4.39 Å². The third-order valence-electron chi connectivity index (χ3n) is 3.03. The van der Waals surface area contributed by atoms with E-state index in [0.29, 0.717) is 17.9 Å². The van der Waals surface area contributed by atoms with Crippen molar-refractivity contribution >= 4 is 5.69 Å². The second-order valence-electron chi connectivity index (χ2n) is 5.95. The fourth-order valence-electron chi connectivity index (χ4n) is 2.34. The smallest absolute Gasteiger partial charge is 0.167 e. The van der Waals surface area contributed by atoms with Gasteiger partial charge in [-0.3, -0.25) is 0 Å². The minimum atomic E-state index is -0.319. The molecular formula is C16H26FNO. The molecule has 1 N–H and O–H groups in total. The maximum Gasteiger partial charge on any atom is 0.167 e. The van der Waals surface area contributed by atoms with E-state index in [1.807, 2.05) is 6.07 Å². The lowest BCUT2D eigenvalue weighted by Crippen LogP contribution is -2.23. The van der Waals surface area contributed by atoms with E-state index in [0.717, 1.165) is 18.5 Å². The van der Waals surface area contributed by atoms with Gasteiger partial charge >= 0.3 is 0 Å². The highest BCUT2D eigenvalue weighted by molar-refractivity contribution is 5.48. The molecule has 0 unspecified atom stereocenters. The van der Waals surface area contributed by atoms with Crippen molar-refractivity contribution in [1.29, 1.82) is 0 Å². The predicted molar refractivity (Wildman–Crippen MR) is 79.3 cm³/mol. The van der Waals surface area contributed by atoms with Crippen LogP contribution in [0.15, 0.2) is 18.2 Å². The van der Waals surface area contributed by atoms with Crippen molar-refractivity contribution in [3.8, 4) is 5.75 Å². The molecule has 0 fully saturated rings. The highest BCUT2D eigenvalue weighted by Crippen LogP contribution is 2.23. The molecule has 0 aromatic heterocycles. The molecule has 0 saturated carbocycles. The first-order valence-electron chi connectivity index (χ1n) is 7.02. The minimum Gasteiger partial charge on any atom is -0.494 e. The van der Waals surface area contributed by atoms with Gasteiger partial charge in [0.15, 0.2) is 11.6 Å². The van der Waals surface area contributed by atoms with Crippen LogP contribution in [-0.4, -0.2) is 13.2 Å². The minimum absolute atomic E-state index is 0.287. The summed E-state index contributed by atoms with van der Waals surface area (Å²) >= 11 is 0. The molecule has 0 aliphatic rings. The lowest BCUT2D eigenvalue weighted by Gasteiger charge is -2.23. The van der Waals surface area contributed by atoms with Gasteiger partial charge in [0.25, 0.3) is 0 Å². The monoisotopic (exact) mass is 267 g/mol. The molecule has 0 aliphatic carbocycles. The molecule has 0 atom stereocenters. The summed E-state index contributed by atoms with van der Waals surface area (Å²) in [5.41, 5.74) is 0.824. The Bertz CT molecular complexity index is 380. The van der Waals surface area contributed by atoms with Crippen LogP contribution in [0.2, 0.25) is 0 Å². The van der Waals surface area contributed by atoms with Crippen molar-refractivity contribution in [2.24, 2.45) is 11.8 Å². The molecule has 0 aliphatic heterocycles. The molecule has 19 heavy (non-hydrogen) atoms. The molecule has 3 heteroatoms. The van der Waals surface area contributed by atoms with E-state index in [1.165, 1.54) is 13.2 Å². The Labute approximate surface area is 116 Å². The molecule has 0 heterocycles. The number of hydrogen-bond donors (Lipinski definition) is 1. The van der Waals surface area contributed by atoms with Gasteiger partial charge in [0, 0.05) is 17.8 Å². The van der Waals surface area contributed by atoms with Crippen LogP contribution in [-0.2, 0) is 0 Å². The summed E-state index contributed by atoms with van der Waals surface area (Å²) in [6.45, 7) is 8.85. The first kappa shape index (κ1) is 15.8. The third kappa shape index (κ3) is 5.50. The van der Waals surface area contributed by atoms with Crippen molar-refractivity contribution in [3.05, 3.63) is 24.0 Å². The summed E-state index contributed by atoms with van der Waals surface area (Å²) in [4.78, 5) is 0. The Kier molecular flexibility index (Phi) is 6.13. The van der Waals surface area contributed by atoms with E-state index in [4.69, 9.17) is 4.74 Å². The number of ether oxygens (including phenoxy) is 1. The molecule has 2 nitrogen and oxygen atoms in total. The average Bonchev–Trinajstić information content (AvgIpc) is 2.27. The van der Waals surface area contributed by atoms with Crippen molar-refractivity contribution in [1.82, 2.24) is 0 Å². The molecule has 1 aromatic rings. The van der Waals surface area contributed by atoms with Gasteiger partial charge in [0.2, 0.25) is 0 Å². The molecule has 108 valence electrons. The van der Waals surface area contributed by atoms with Crippen LogP contribution in [0.1, 0.15) is 40.5 Å². The topological polar surface area (TPSA) is 21.3 Å². The summed E-state index contributed by atoms with van der Waals surface area (Å²) in [5, 5.41) is 3.44. The average molecular weight is 267 g/mol. The second kappa shape index (κ2) is 7.37. The predicted octanol–water partition coefficient (Wildman–Crippen LogP) is 4.71. The van der Waals surface area contributed by atoms with Gasteiger partial charge in [-0.2, -0.15) is 0 Å². The standard InChI is InChI=1S/C16H26FNO/c1-11(2)8-14(9-12(3)4)18-13-6-7-16(19-5)15(17)10-13/h6-7,10-12,14,18H,8-9H2,1-5H3. The third-order valence-corrected chi connectivity index (χ3v) is 3.03. The Morgan fingerprint density at radius 2 is 1.68 bits per heavy atom. The van der Waals surface area contributed by atoms with Crippen LogP contribution in [0.3, 0.4) is 0 Å². The van der Waals surface area contributed by atoms with Crippen LogP contribution >= 0.6 is 0 Å². The summed E-state index contributed by atoms with van der Waals surface area (Å²) in [6, 6.07) is 5.43. The van der Waals surface area contributed by atoms with Crippen LogP contribution in [0, 0.1) is 17.7 Å². The highest BCUT2D eigenvalue weighted by Gasteiger charge is 2.13. The summed E-state index contributed by atoms with van der Waals surface area (Å²) < 4.78 is 18.6. The maximum atomic E-state index is 13.7. The number of halogens is 1. The maximum absolute atomic E-state index is 13.7. The lowest BCUT2D eigenvalue weighted by atomic mass is 9.95. The van der Waals surface area contributed by atoms with Crippen LogP contribution in [0.5, 0.6) is 5.75 Å². The van der Waals surface area contributed by atoms with Crippen LogP contribution < -0.4 is 10.1 Å². The second-order valence-corrected chi connectivity index (χ2v) is 5.95. The van der Waals surface area contributed by atoms with Crippen molar-refractivity contribution in [2.45, 2.75) is 46.6 Å². The zero-order valence-electron chi connectivity index (χ0n) is 12.7. The number of benzene rings is 1. The molecule has 0 bridgehead atoms. The van der Waals surface area contributed by atoms with Crippen molar-refractivity contribution in [3.63, 3.8) is 0 Å². The number of anilines is 1. The van der Waals surface area contributed by atoms with Gasteiger partial charge in [-0.1, -0.05) is 27.7 Å². The molecular weight excluding hydrogens is 241 g/mol. The van der Waals surface area contributed by atoms with Gasteiger partial charge in [0.1, 0.15) is 0 Å². The van der Waals surface area contributed by atoms with Gasteiger partial charge in [-0.05, 0) is 36.8 Å². The quantitative estimate of drug-likeness (QED) is 0.772. The fourth-order valence-corrected chi connectivity index (χ4v) is 2.34. The molecule has 0 saturated heterocycles. The van der Waals surface area contributed by atoms with E-state index in [9.17, 15) is 4.39 Å². The zero-order valence-corrected chi connectivity index (χ0v) is 12.7. The Balaban J connectivity index is 2.74. The normalized spacial score (nSPS) is 11.4. The fraction of sp³-hybridized carbons (Fsp3) is 0.625. The number of rotatable bonds is 7. The van der Waals surface area contributed by atoms with E-state index in [-0.39, 0.29) is 11.6 Å². The number of nitrogens with one attached hydrogen (secondary N) is 1. The first-order chi connectivity index (χ1) is 8.92. The number of hydrogen-bond acceptors (Lipinski definition) is 2. The molecule has 1 aromatic carbocycles. The first-order valence-corrected chi connectivity index (χ1v) is 7.02. The van der Waals surface area contributed by atoms with E-state index < -0.39 is 0 Å². The Morgan fingerprint density at radius 1 is 1.11 bits per heavy atom. The molecule has 0 amide bonds. The zero-order chi connectivity index (χ0) is 14.4. The summed E-state index contributed by atoms with van der Waals surface area (Å²) in [6.07, 6.45) is 2.18. The van der Waals surface area contributed by atoms with E-state index in [2.05, 4.69) is 33.0 Å². The molecule has 1 rings (SSSR count). The summed E-state index contributed by atoms with van der Waals surface area (Å²) in [7, 11) is 1.48. The highest BCUT2D eigenvalue weighted by atomic mass is 19.1. The van der Waals surface area contributed by atoms with Crippen LogP contribution in [0.4, 0.5) is 10.1 Å². The Hall–Kier alpha value is -1.25. The van der Waals surface area contributed by atoms with Gasteiger partial charge < -0.3 is 10.1 Å². The van der Waals surface area contributed by atoms with Gasteiger partial charge in [-0.15, -0.1) is 0 Å². The number of methoxy groups -OCH3 is 1. The molecule has 0 radical (unpaired) electrons. The van der Waals surface area contributed by atoms with Gasteiger partial charge in [0.05, 0.1) is 7.11 Å². The van der Waals surface area contributed by atoms with E-state index >= 15 is 0 Å².